The van der Waals surface area contributed by atoms with Crippen molar-refractivity contribution in [3.63, 3.8) is 0 Å². The third-order valence-electron chi connectivity index (χ3n) is 3.81. The van der Waals surface area contributed by atoms with Gasteiger partial charge in [-0.1, -0.05) is 0 Å². The summed E-state index contributed by atoms with van der Waals surface area (Å²) in [6.07, 6.45) is 1.67. The molecular weight excluding hydrogens is 342 g/mol. The van der Waals surface area contributed by atoms with Gasteiger partial charge >= 0.3 is 0 Å². The number of nitrogens with one attached hydrogen (secondary N) is 1. The van der Waals surface area contributed by atoms with Gasteiger partial charge in [0.2, 0.25) is 0 Å². The predicted octanol–water partition coefficient (Wildman–Crippen LogP) is 2.12. The zero-order chi connectivity index (χ0) is 17.7. The SMILES string of the molecule is CCOc1ccc(S(=O)(=O)Nc2ccc(N3CCOCC3)cn2)cc1. The van der Waals surface area contributed by atoms with Crippen molar-refractivity contribution in [1.82, 2.24) is 4.98 Å². The molecule has 1 aliphatic heterocycles. The Kier molecular flexibility index (Phi) is 5.40. The Bertz CT molecular complexity index is 786. The first-order valence-corrected chi connectivity index (χ1v) is 9.61. The van der Waals surface area contributed by atoms with E-state index in [1.807, 2.05) is 13.0 Å². The average Bonchev–Trinajstić information content (AvgIpc) is 2.63. The van der Waals surface area contributed by atoms with Crippen LogP contribution in [0.25, 0.3) is 0 Å². The van der Waals surface area contributed by atoms with Gasteiger partial charge in [0, 0.05) is 13.1 Å². The number of morpholine rings is 1. The first-order valence-electron chi connectivity index (χ1n) is 8.13. The van der Waals surface area contributed by atoms with E-state index >= 15 is 0 Å². The second-order valence-electron chi connectivity index (χ2n) is 5.51. The van der Waals surface area contributed by atoms with Crippen LogP contribution in [0.3, 0.4) is 0 Å². The molecule has 1 aromatic heterocycles. The minimum absolute atomic E-state index is 0.162. The largest absolute Gasteiger partial charge is 0.494 e. The highest BCUT2D eigenvalue weighted by atomic mass is 32.2. The molecule has 1 aliphatic rings. The van der Waals surface area contributed by atoms with Crippen molar-refractivity contribution >= 4 is 21.5 Å². The molecule has 2 heterocycles. The van der Waals surface area contributed by atoms with E-state index in [-0.39, 0.29) is 10.7 Å². The number of rotatable bonds is 6. The van der Waals surface area contributed by atoms with Gasteiger partial charge in [-0.2, -0.15) is 0 Å². The lowest BCUT2D eigenvalue weighted by Gasteiger charge is -2.28. The molecule has 25 heavy (non-hydrogen) atoms. The lowest BCUT2D eigenvalue weighted by atomic mass is 10.3. The second kappa shape index (κ2) is 7.71. The van der Waals surface area contributed by atoms with Gasteiger partial charge in [-0.3, -0.25) is 4.72 Å². The summed E-state index contributed by atoms with van der Waals surface area (Å²) in [6, 6.07) is 9.80. The Morgan fingerprint density at radius 1 is 1.16 bits per heavy atom. The number of aromatic nitrogens is 1. The summed E-state index contributed by atoms with van der Waals surface area (Å²) in [4.78, 5) is 6.53. The van der Waals surface area contributed by atoms with Crippen molar-refractivity contribution in [2.75, 3.05) is 42.5 Å². The van der Waals surface area contributed by atoms with Crippen molar-refractivity contribution in [3.05, 3.63) is 42.6 Å². The number of pyridine rings is 1. The molecule has 0 spiro atoms. The monoisotopic (exact) mass is 363 g/mol. The number of sulfonamides is 1. The van der Waals surface area contributed by atoms with Gasteiger partial charge in [0.15, 0.2) is 0 Å². The molecule has 1 saturated heterocycles. The maximum atomic E-state index is 12.4. The number of hydrogen-bond acceptors (Lipinski definition) is 6. The number of benzene rings is 1. The zero-order valence-electron chi connectivity index (χ0n) is 14.0. The molecule has 1 N–H and O–H groups in total. The van der Waals surface area contributed by atoms with Crippen LogP contribution in [-0.2, 0) is 14.8 Å². The van der Waals surface area contributed by atoms with Crippen LogP contribution in [-0.4, -0.2) is 46.3 Å². The van der Waals surface area contributed by atoms with E-state index in [1.54, 1.807) is 24.4 Å². The van der Waals surface area contributed by atoms with E-state index < -0.39 is 10.0 Å². The van der Waals surface area contributed by atoms with Crippen LogP contribution in [0.5, 0.6) is 5.75 Å². The van der Waals surface area contributed by atoms with E-state index in [9.17, 15) is 8.42 Å². The minimum atomic E-state index is -3.68. The van der Waals surface area contributed by atoms with Gasteiger partial charge in [-0.25, -0.2) is 13.4 Å². The first-order chi connectivity index (χ1) is 12.1. The lowest BCUT2D eigenvalue weighted by molar-refractivity contribution is 0.122. The van der Waals surface area contributed by atoms with Gasteiger partial charge in [0.1, 0.15) is 11.6 Å². The van der Waals surface area contributed by atoms with Gasteiger partial charge in [0.05, 0.1) is 36.6 Å². The Morgan fingerprint density at radius 2 is 1.88 bits per heavy atom. The van der Waals surface area contributed by atoms with Crippen molar-refractivity contribution in [3.8, 4) is 5.75 Å². The van der Waals surface area contributed by atoms with E-state index in [4.69, 9.17) is 9.47 Å². The molecule has 3 rings (SSSR count). The molecule has 0 atom stereocenters. The van der Waals surface area contributed by atoms with Crippen LogP contribution in [0.15, 0.2) is 47.5 Å². The molecule has 7 nitrogen and oxygen atoms in total. The molecule has 0 bridgehead atoms. The minimum Gasteiger partial charge on any atom is -0.494 e. The summed E-state index contributed by atoms with van der Waals surface area (Å²) in [5.74, 6) is 0.917. The fourth-order valence-electron chi connectivity index (χ4n) is 2.53. The molecule has 2 aromatic rings. The molecule has 134 valence electrons. The van der Waals surface area contributed by atoms with Crippen LogP contribution >= 0.6 is 0 Å². The number of hydrogen-bond donors (Lipinski definition) is 1. The summed E-state index contributed by atoms with van der Waals surface area (Å²) < 4.78 is 38.0. The van der Waals surface area contributed by atoms with E-state index in [1.165, 1.54) is 12.1 Å². The Labute approximate surface area is 147 Å². The van der Waals surface area contributed by atoms with Crippen molar-refractivity contribution < 1.29 is 17.9 Å². The molecule has 0 saturated carbocycles. The topological polar surface area (TPSA) is 80.8 Å². The normalized spacial score (nSPS) is 15.0. The predicted molar refractivity (Wildman–Crippen MR) is 95.7 cm³/mol. The maximum absolute atomic E-state index is 12.4. The van der Waals surface area contributed by atoms with Crippen molar-refractivity contribution in [2.24, 2.45) is 0 Å². The van der Waals surface area contributed by atoms with Crippen LogP contribution < -0.4 is 14.4 Å². The molecule has 0 radical (unpaired) electrons. The molecule has 8 heteroatoms. The molecule has 0 unspecified atom stereocenters. The molecule has 0 aliphatic carbocycles. The number of anilines is 2. The Balaban J connectivity index is 1.69. The Hall–Kier alpha value is -2.32. The molecule has 1 fully saturated rings. The zero-order valence-corrected chi connectivity index (χ0v) is 14.8. The quantitative estimate of drug-likeness (QED) is 0.847. The highest BCUT2D eigenvalue weighted by Crippen LogP contribution is 2.20. The Morgan fingerprint density at radius 3 is 2.48 bits per heavy atom. The summed E-state index contributed by atoms with van der Waals surface area (Å²) in [6.45, 7) is 5.39. The summed E-state index contributed by atoms with van der Waals surface area (Å²) >= 11 is 0. The fourth-order valence-corrected chi connectivity index (χ4v) is 3.54. The molecule has 0 amide bonds. The highest BCUT2D eigenvalue weighted by Gasteiger charge is 2.16. The van der Waals surface area contributed by atoms with Gasteiger partial charge < -0.3 is 14.4 Å². The van der Waals surface area contributed by atoms with Crippen molar-refractivity contribution in [1.29, 1.82) is 0 Å². The lowest BCUT2D eigenvalue weighted by Crippen LogP contribution is -2.36. The van der Waals surface area contributed by atoms with E-state index in [0.717, 1.165) is 18.8 Å². The van der Waals surface area contributed by atoms with Gasteiger partial charge in [0.25, 0.3) is 10.0 Å². The standard InChI is InChI=1S/C17H21N3O4S/c1-2-24-15-4-6-16(7-5-15)25(21,22)19-17-8-3-14(13-18-17)20-9-11-23-12-10-20/h3-8,13H,2,9-12H2,1H3,(H,18,19). The first kappa shape index (κ1) is 17.5. The van der Waals surface area contributed by atoms with E-state index in [0.29, 0.717) is 25.6 Å². The highest BCUT2D eigenvalue weighted by molar-refractivity contribution is 7.92. The summed E-state index contributed by atoms with van der Waals surface area (Å²) in [5, 5.41) is 0. The molecule has 1 aromatic carbocycles. The second-order valence-corrected chi connectivity index (χ2v) is 7.19. The third kappa shape index (κ3) is 4.40. The van der Waals surface area contributed by atoms with E-state index in [2.05, 4.69) is 14.6 Å². The third-order valence-corrected chi connectivity index (χ3v) is 5.18. The summed E-state index contributed by atoms with van der Waals surface area (Å²) in [5.41, 5.74) is 0.951. The van der Waals surface area contributed by atoms with Crippen LogP contribution in [0.4, 0.5) is 11.5 Å². The number of nitrogens with zero attached hydrogens (tertiary/aromatic N) is 2. The van der Waals surface area contributed by atoms with Gasteiger partial charge in [-0.05, 0) is 43.3 Å². The maximum Gasteiger partial charge on any atom is 0.263 e. The van der Waals surface area contributed by atoms with Gasteiger partial charge in [-0.15, -0.1) is 0 Å². The summed E-state index contributed by atoms with van der Waals surface area (Å²) in [7, 11) is -3.68. The van der Waals surface area contributed by atoms with Crippen LogP contribution in [0, 0.1) is 0 Å². The average molecular weight is 363 g/mol. The smallest absolute Gasteiger partial charge is 0.263 e. The number of ether oxygens (including phenoxy) is 2. The molecular formula is C17H21N3O4S. The van der Waals surface area contributed by atoms with Crippen LogP contribution in [0.2, 0.25) is 0 Å². The van der Waals surface area contributed by atoms with Crippen LogP contribution in [0.1, 0.15) is 6.92 Å². The van der Waals surface area contributed by atoms with Crippen molar-refractivity contribution in [2.45, 2.75) is 11.8 Å². The fraction of sp³-hybridized carbons (Fsp3) is 0.353.